The molecule has 0 aromatic rings. The first-order valence-electron chi connectivity index (χ1n) is 4.33. The minimum atomic E-state index is -0.423. The molecule has 0 saturated carbocycles. The second-order valence-corrected chi connectivity index (χ2v) is 3.12. The molecule has 0 aliphatic heterocycles. The Balaban J connectivity index is 4.05. The summed E-state index contributed by atoms with van der Waals surface area (Å²) in [4.78, 5) is 21.8. The Labute approximate surface area is 78.8 Å². The van der Waals surface area contributed by atoms with Crippen LogP contribution in [0.25, 0.3) is 0 Å². The second kappa shape index (κ2) is 5.51. The van der Waals surface area contributed by atoms with Crippen molar-refractivity contribution in [2.75, 3.05) is 0 Å². The summed E-state index contributed by atoms with van der Waals surface area (Å²) in [5, 5.41) is 0. The molecule has 3 heteroatoms. The number of carbonyl (C=O) groups is 2. The van der Waals surface area contributed by atoms with Crippen molar-refractivity contribution in [3.05, 3.63) is 12.2 Å². The molecule has 1 atom stereocenters. The lowest BCUT2D eigenvalue weighted by molar-refractivity contribution is -0.145. The number of esters is 1. The van der Waals surface area contributed by atoms with E-state index >= 15 is 0 Å². The van der Waals surface area contributed by atoms with Crippen molar-refractivity contribution in [2.45, 2.75) is 39.7 Å². The number of ether oxygens (including phenoxy) is 1. The molecule has 0 saturated heterocycles. The fourth-order valence-electron chi connectivity index (χ4n) is 0.842. The maximum atomic E-state index is 11.1. The van der Waals surface area contributed by atoms with E-state index in [-0.39, 0.29) is 18.3 Å². The van der Waals surface area contributed by atoms with Crippen LogP contribution in [0.5, 0.6) is 0 Å². The normalized spacial score (nSPS) is 11.9. The van der Waals surface area contributed by atoms with Gasteiger partial charge in [-0.15, -0.1) is 0 Å². The van der Waals surface area contributed by atoms with Crippen LogP contribution in [0.4, 0.5) is 0 Å². The van der Waals surface area contributed by atoms with E-state index in [4.69, 9.17) is 4.74 Å². The number of carbonyl (C=O) groups excluding carboxylic acids is 2. The lowest BCUT2D eigenvalue weighted by Crippen LogP contribution is -2.20. The van der Waals surface area contributed by atoms with Gasteiger partial charge in [0.25, 0.3) is 0 Å². The van der Waals surface area contributed by atoms with E-state index in [2.05, 4.69) is 6.58 Å². The van der Waals surface area contributed by atoms with Gasteiger partial charge in [0.1, 0.15) is 11.9 Å². The first-order valence-corrected chi connectivity index (χ1v) is 4.33. The highest BCUT2D eigenvalue weighted by atomic mass is 16.5. The molecule has 0 aliphatic carbocycles. The van der Waals surface area contributed by atoms with Gasteiger partial charge < -0.3 is 4.74 Å². The largest absolute Gasteiger partial charge is 0.459 e. The van der Waals surface area contributed by atoms with Gasteiger partial charge in [-0.05, 0) is 20.3 Å². The monoisotopic (exact) mass is 184 g/mol. The summed E-state index contributed by atoms with van der Waals surface area (Å²) in [6, 6.07) is 0. The Morgan fingerprint density at radius 2 is 1.92 bits per heavy atom. The summed E-state index contributed by atoms with van der Waals surface area (Å²) in [5.41, 5.74) is 0.363. The zero-order chi connectivity index (χ0) is 10.4. The van der Waals surface area contributed by atoms with Crippen LogP contribution in [0.15, 0.2) is 12.2 Å². The van der Waals surface area contributed by atoms with Crippen molar-refractivity contribution in [3.8, 4) is 0 Å². The molecule has 0 bridgehead atoms. The summed E-state index contributed by atoms with van der Waals surface area (Å²) in [5.74, 6) is -0.394. The van der Waals surface area contributed by atoms with Crippen LogP contribution in [0.2, 0.25) is 0 Å². The van der Waals surface area contributed by atoms with Gasteiger partial charge in [0.15, 0.2) is 0 Å². The number of Topliss-reactive ketones (excluding diaryl/α,β-unsaturated/α-hetero) is 1. The highest BCUT2D eigenvalue weighted by Crippen LogP contribution is 2.07. The van der Waals surface area contributed by atoms with Crippen LogP contribution in [0.1, 0.15) is 33.6 Å². The molecule has 0 amide bonds. The summed E-state index contributed by atoms with van der Waals surface area (Å²) in [6.45, 7) is 8.41. The molecule has 13 heavy (non-hydrogen) atoms. The van der Waals surface area contributed by atoms with E-state index in [9.17, 15) is 9.59 Å². The van der Waals surface area contributed by atoms with Crippen molar-refractivity contribution in [2.24, 2.45) is 0 Å². The van der Waals surface area contributed by atoms with Crippen molar-refractivity contribution in [3.63, 3.8) is 0 Å². The zero-order valence-electron chi connectivity index (χ0n) is 8.42. The SMILES string of the molecule is C=C(C)C(=O)OC(CC)CC(C)=O. The molecular weight excluding hydrogens is 168 g/mol. The minimum absolute atomic E-state index is 0.0290. The molecular formula is C10H16O3. The van der Waals surface area contributed by atoms with E-state index in [0.717, 1.165) is 0 Å². The van der Waals surface area contributed by atoms with Gasteiger partial charge in [0, 0.05) is 12.0 Å². The van der Waals surface area contributed by atoms with E-state index < -0.39 is 5.97 Å². The number of hydrogen-bond donors (Lipinski definition) is 0. The van der Waals surface area contributed by atoms with Gasteiger partial charge in [-0.2, -0.15) is 0 Å². The molecule has 0 aromatic heterocycles. The van der Waals surface area contributed by atoms with Crippen LogP contribution >= 0.6 is 0 Å². The van der Waals surface area contributed by atoms with Gasteiger partial charge >= 0.3 is 5.97 Å². The van der Waals surface area contributed by atoms with Gasteiger partial charge in [-0.25, -0.2) is 4.79 Å². The molecule has 1 unspecified atom stereocenters. The topological polar surface area (TPSA) is 43.4 Å². The third kappa shape index (κ3) is 5.17. The average Bonchev–Trinajstić information content (AvgIpc) is 2.02. The Morgan fingerprint density at radius 3 is 2.23 bits per heavy atom. The molecule has 0 aromatic carbocycles. The molecule has 0 spiro atoms. The van der Waals surface area contributed by atoms with Crippen molar-refractivity contribution < 1.29 is 14.3 Å². The van der Waals surface area contributed by atoms with Crippen LogP contribution in [0.3, 0.4) is 0 Å². The molecule has 0 N–H and O–H groups in total. The fraction of sp³-hybridized carbons (Fsp3) is 0.600. The summed E-state index contributed by atoms with van der Waals surface area (Å²) < 4.78 is 5.01. The highest BCUT2D eigenvalue weighted by Gasteiger charge is 2.14. The van der Waals surface area contributed by atoms with Crippen molar-refractivity contribution in [1.82, 2.24) is 0 Å². The quantitative estimate of drug-likeness (QED) is 0.484. The average molecular weight is 184 g/mol. The predicted octanol–water partition coefficient (Wildman–Crippen LogP) is 1.86. The molecule has 0 fully saturated rings. The Kier molecular flexibility index (Phi) is 5.04. The Bertz CT molecular complexity index is 218. The smallest absolute Gasteiger partial charge is 0.333 e. The predicted molar refractivity (Wildman–Crippen MR) is 50.3 cm³/mol. The zero-order valence-corrected chi connectivity index (χ0v) is 8.42. The van der Waals surface area contributed by atoms with E-state index in [0.29, 0.717) is 12.0 Å². The first-order chi connectivity index (χ1) is 5.97. The van der Waals surface area contributed by atoms with Crippen LogP contribution in [-0.4, -0.2) is 17.9 Å². The van der Waals surface area contributed by atoms with Crippen LogP contribution in [-0.2, 0) is 14.3 Å². The van der Waals surface area contributed by atoms with Gasteiger partial charge in [0.2, 0.25) is 0 Å². The molecule has 74 valence electrons. The van der Waals surface area contributed by atoms with Crippen molar-refractivity contribution in [1.29, 1.82) is 0 Å². The third-order valence-corrected chi connectivity index (χ3v) is 1.59. The maximum absolute atomic E-state index is 11.1. The number of ketones is 1. The third-order valence-electron chi connectivity index (χ3n) is 1.59. The summed E-state index contributed by atoms with van der Waals surface area (Å²) in [6.07, 6.45) is 0.635. The van der Waals surface area contributed by atoms with Gasteiger partial charge in [-0.3, -0.25) is 4.79 Å². The number of rotatable bonds is 5. The van der Waals surface area contributed by atoms with Gasteiger partial charge in [0.05, 0.1) is 0 Å². The van der Waals surface area contributed by atoms with E-state index in [1.165, 1.54) is 6.92 Å². The van der Waals surface area contributed by atoms with Crippen LogP contribution in [0, 0.1) is 0 Å². The second-order valence-electron chi connectivity index (χ2n) is 3.12. The van der Waals surface area contributed by atoms with Crippen molar-refractivity contribution >= 4 is 11.8 Å². The first kappa shape index (κ1) is 11.9. The summed E-state index contributed by atoms with van der Waals surface area (Å²) in [7, 11) is 0. The molecule has 0 rings (SSSR count). The lowest BCUT2D eigenvalue weighted by atomic mass is 10.1. The molecule has 3 nitrogen and oxygen atoms in total. The maximum Gasteiger partial charge on any atom is 0.333 e. The highest BCUT2D eigenvalue weighted by molar-refractivity contribution is 5.87. The number of hydrogen-bond acceptors (Lipinski definition) is 3. The summed E-state index contributed by atoms with van der Waals surface area (Å²) >= 11 is 0. The lowest BCUT2D eigenvalue weighted by Gasteiger charge is -2.14. The minimum Gasteiger partial charge on any atom is -0.459 e. The Hall–Kier alpha value is -1.12. The standard InChI is InChI=1S/C10H16O3/c1-5-9(6-8(4)11)13-10(12)7(2)3/h9H,2,5-6H2,1,3-4H3. The van der Waals surface area contributed by atoms with Crippen LogP contribution < -0.4 is 0 Å². The fourth-order valence-corrected chi connectivity index (χ4v) is 0.842. The molecule has 0 aliphatic rings. The van der Waals surface area contributed by atoms with E-state index in [1.807, 2.05) is 6.92 Å². The Morgan fingerprint density at radius 1 is 1.38 bits per heavy atom. The molecule has 0 heterocycles. The van der Waals surface area contributed by atoms with E-state index in [1.54, 1.807) is 6.92 Å². The molecule has 0 radical (unpaired) electrons. The van der Waals surface area contributed by atoms with Gasteiger partial charge in [-0.1, -0.05) is 13.5 Å².